The van der Waals surface area contributed by atoms with Gasteiger partial charge in [0, 0.05) is 18.1 Å². The third-order valence-electron chi connectivity index (χ3n) is 5.56. The van der Waals surface area contributed by atoms with Gasteiger partial charge in [0.05, 0.1) is 24.6 Å². The molecule has 2 aromatic rings. The van der Waals surface area contributed by atoms with Gasteiger partial charge in [0.25, 0.3) is 0 Å². The SMILES string of the molecule is COc1ccc2c(ccn2C(=O)C2NCC3(CC3)CC2C(=O)NO)c1. The lowest BCUT2D eigenvalue weighted by Gasteiger charge is -2.35. The molecule has 2 atom stereocenters. The monoisotopic (exact) mass is 343 g/mol. The zero-order chi connectivity index (χ0) is 17.6. The number of hydroxylamine groups is 1. The first kappa shape index (κ1) is 16.1. The molecule has 1 aromatic heterocycles. The Balaban J connectivity index is 1.66. The fourth-order valence-corrected chi connectivity index (χ4v) is 3.86. The molecule has 2 heterocycles. The number of nitrogens with one attached hydrogen (secondary N) is 2. The minimum Gasteiger partial charge on any atom is -0.497 e. The number of piperidine rings is 1. The van der Waals surface area contributed by atoms with E-state index in [2.05, 4.69) is 5.32 Å². The summed E-state index contributed by atoms with van der Waals surface area (Å²) in [5.74, 6) is -0.551. The van der Waals surface area contributed by atoms with Gasteiger partial charge >= 0.3 is 0 Å². The first-order valence-corrected chi connectivity index (χ1v) is 8.44. The quantitative estimate of drug-likeness (QED) is 0.581. The highest BCUT2D eigenvalue weighted by atomic mass is 16.5. The maximum Gasteiger partial charge on any atom is 0.249 e. The van der Waals surface area contributed by atoms with Gasteiger partial charge in [0.1, 0.15) is 5.75 Å². The van der Waals surface area contributed by atoms with Gasteiger partial charge in [0.2, 0.25) is 11.8 Å². The molecule has 3 N–H and O–H groups in total. The highest BCUT2D eigenvalue weighted by Crippen LogP contribution is 2.52. The molecule has 4 rings (SSSR count). The predicted octanol–water partition coefficient (Wildman–Crippen LogP) is 1.55. The van der Waals surface area contributed by atoms with Gasteiger partial charge in [-0.15, -0.1) is 0 Å². The molecule has 0 bridgehead atoms. The maximum absolute atomic E-state index is 13.1. The van der Waals surface area contributed by atoms with Crippen LogP contribution < -0.4 is 15.5 Å². The van der Waals surface area contributed by atoms with Gasteiger partial charge in [-0.2, -0.15) is 0 Å². The van der Waals surface area contributed by atoms with Crippen molar-refractivity contribution in [2.45, 2.75) is 25.3 Å². The van der Waals surface area contributed by atoms with Crippen LogP contribution in [0, 0.1) is 11.3 Å². The van der Waals surface area contributed by atoms with Crippen molar-refractivity contribution < 1.29 is 19.5 Å². The topological polar surface area (TPSA) is 92.6 Å². The van der Waals surface area contributed by atoms with Gasteiger partial charge in [-0.3, -0.25) is 19.4 Å². The number of carbonyl (C=O) groups is 2. The third kappa shape index (κ3) is 2.69. The maximum atomic E-state index is 13.1. The number of ether oxygens (including phenoxy) is 1. The number of methoxy groups -OCH3 is 1. The van der Waals surface area contributed by atoms with Crippen molar-refractivity contribution in [2.75, 3.05) is 13.7 Å². The third-order valence-corrected chi connectivity index (χ3v) is 5.56. The van der Waals surface area contributed by atoms with E-state index in [-0.39, 0.29) is 11.3 Å². The van der Waals surface area contributed by atoms with Gasteiger partial charge < -0.3 is 10.1 Å². The van der Waals surface area contributed by atoms with E-state index >= 15 is 0 Å². The average molecular weight is 343 g/mol. The van der Waals surface area contributed by atoms with Crippen LogP contribution >= 0.6 is 0 Å². The van der Waals surface area contributed by atoms with E-state index in [9.17, 15) is 9.59 Å². The summed E-state index contributed by atoms with van der Waals surface area (Å²) in [6.45, 7) is 0.728. The molecule has 1 spiro atoms. The molecule has 1 aliphatic carbocycles. The van der Waals surface area contributed by atoms with Crippen molar-refractivity contribution in [1.82, 2.24) is 15.4 Å². The second-order valence-corrected chi connectivity index (χ2v) is 7.09. The Morgan fingerprint density at radius 3 is 2.84 bits per heavy atom. The molecule has 2 unspecified atom stereocenters. The molecule has 7 heteroatoms. The molecular weight excluding hydrogens is 322 g/mol. The van der Waals surface area contributed by atoms with E-state index in [1.54, 1.807) is 29.4 Å². The van der Waals surface area contributed by atoms with Crippen LogP contribution in [0.3, 0.4) is 0 Å². The molecule has 1 saturated heterocycles. The Morgan fingerprint density at radius 2 is 2.16 bits per heavy atom. The summed E-state index contributed by atoms with van der Waals surface area (Å²) in [6.07, 6.45) is 4.45. The Bertz CT molecular complexity index is 840. The van der Waals surface area contributed by atoms with E-state index < -0.39 is 17.9 Å². The summed E-state index contributed by atoms with van der Waals surface area (Å²) in [5.41, 5.74) is 2.60. The van der Waals surface area contributed by atoms with Crippen molar-refractivity contribution in [3.05, 3.63) is 30.5 Å². The fourth-order valence-electron chi connectivity index (χ4n) is 3.86. The second kappa shape index (κ2) is 5.86. The molecule has 2 fully saturated rings. The fraction of sp³-hybridized carbons (Fsp3) is 0.444. The van der Waals surface area contributed by atoms with E-state index in [0.717, 1.165) is 36.0 Å². The summed E-state index contributed by atoms with van der Waals surface area (Å²) in [7, 11) is 1.60. The zero-order valence-electron chi connectivity index (χ0n) is 14.0. The lowest BCUT2D eigenvalue weighted by atomic mass is 9.81. The van der Waals surface area contributed by atoms with Crippen molar-refractivity contribution >= 4 is 22.7 Å². The molecule has 25 heavy (non-hydrogen) atoms. The largest absolute Gasteiger partial charge is 0.497 e. The number of hydrogen-bond donors (Lipinski definition) is 3. The predicted molar refractivity (Wildman–Crippen MR) is 90.6 cm³/mol. The van der Waals surface area contributed by atoms with E-state index in [1.165, 1.54) is 0 Å². The normalized spacial score (nSPS) is 24.2. The summed E-state index contributed by atoms with van der Waals surface area (Å²) in [4.78, 5) is 25.2. The van der Waals surface area contributed by atoms with Gasteiger partial charge in [-0.1, -0.05) is 0 Å². The average Bonchev–Trinajstić information content (AvgIpc) is 3.26. The standard InChI is InChI=1S/C18H21N3O4/c1-25-12-2-3-14-11(8-12)4-7-21(14)17(23)15-13(16(22)20-24)9-18(5-6-18)10-19-15/h2-4,7-8,13,15,19,24H,5-6,9-10H2,1H3,(H,20,22). The molecule has 132 valence electrons. The number of amides is 1. The molecular formula is C18H21N3O4. The number of nitrogens with zero attached hydrogens (tertiary/aromatic N) is 1. The Hall–Kier alpha value is -2.38. The van der Waals surface area contributed by atoms with Gasteiger partial charge in [-0.05, 0) is 48.9 Å². The molecule has 7 nitrogen and oxygen atoms in total. The highest BCUT2D eigenvalue weighted by molar-refractivity contribution is 5.98. The van der Waals surface area contributed by atoms with Crippen LogP contribution in [0.4, 0.5) is 0 Å². The second-order valence-electron chi connectivity index (χ2n) is 7.09. The molecule has 1 amide bonds. The van der Waals surface area contributed by atoms with E-state index in [4.69, 9.17) is 9.94 Å². The van der Waals surface area contributed by atoms with Gasteiger partial charge in [-0.25, -0.2) is 5.48 Å². The summed E-state index contributed by atoms with van der Waals surface area (Å²) < 4.78 is 6.78. The first-order valence-electron chi connectivity index (χ1n) is 8.44. The van der Waals surface area contributed by atoms with Crippen LogP contribution in [0.1, 0.15) is 24.1 Å². The van der Waals surface area contributed by atoms with Crippen LogP contribution in [-0.4, -0.2) is 41.3 Å². The number of rotatable bonds is 3. The molecule has 1 saturated carbocycles. The molecule has 1 aromatic carbocycles. The number of fused-ring (bicyclic) bond motifs is 1. The first-order chi connectivity index (χ1) is 12.1. The van der Waals surface area contributed by atoms with Crippen LogP contribution in [0.5, 0.6) is 5.75 Å². The summed E-state index contributed by atoms with van der Waals surface area (Å²) >= 11 is 0. The van der Waals surface area contributed by atoms with Crippen LogP contribution in [0.2, 0.25) is 0 Å². The number of benzene rings is 1. The number of aromatic nitrogens is 1. The minimum absolute atomic E-state index is 0.111. The van der Waals surface area contributed by atoms with Crippen LogP contribution in [0.25, 0.3) is 10.9 Å². The summed E-state index contributed by atoms with van der Waals surface area (Å²) in [5, 5.41) is 13.2. The Labute approximate surface area is 144 Å². The van der Waals surface area contributed by atoms with Crippen molar-refractivity contribution in [2.24, 2.45) is 11.3 Å². The smallest absolute Gasteiger partial charge is 0.249 e. The number of hydrogen-bond acceptors (Lipinski definition) is 5. The Morgan fingerprint density at radius 1 is 1.36 bits per heavy atom. The van der Waals surface area contributed by atoms with Crippen LogP contribution in [-0.2, 0) is 4.79 Å². The lowest BCUT2D eigenvalue weighted by Crippen LogP contribution is -2.56. The highest BCUT2D eigenvalue weighted by Gasteiger charge is 2.52. The molecule has 2 aliphatic rings. The van der Waals surface area contributed by atoms with Crippen molar-refractivity contribution in [3.8, 4) is 5.75 Å². The van der Waals surface area contributed by atoms with E-state index in [1.807, 2.05) is 18.2 Å². The number of carbonyl (C=O) groups excluding carboxylic acids is 2. The molecule has 1 aliphatic heterocycles. The molecule has 0 radical (unpaired) electrons. The van der Waals surface area contributed by atoms with Crippen molar-refractivity contribution in [1.29, 1.82) is 0 Å². The minimum atomic E-state index is -0.656. The Kier molecular flexibility index (Phi) is 3.77. The van der Waals surface area contributed by atoms with E-state index in [0.29, 0.717) is 6.42 Å². The van der Waals surface area contributed by atoms with Crippen molar-refractivity contribution in [3.63, 3.8) is 0 Å². The lowest BCUT2D eigenvalue weighted by molar-refractivity contribution is -0.135. The summed E-state index contributed by atoms with van der Waals surface area (Å²) in [6, 6.07) is 6.69. The zero-order valence-corrected chi connectivity index (χ0v) is 14.0. The van der Waals surface area contributed by atoms with Crippen LogP contribution in [0.15, 0.2) is 30.5 Å². The van der Waals surface area contributed by atoms with Gasteiger partial charge in [0.15, 0.2) is 0 Å².